The number of amides is 2. The number of aromatic nitrogens is 1. The highest BCUT2D eigenvalue weighted by atomic mass is 35.5. The van der Waals surface area contributed by atoms with E-state index in [1.54, 1.807) is 28.9 Å². The Bertz CT molecular complexity index is 1130. The van der Waals surface area contributed by atoms with Gasteiger partial charge in [-0.3, -0.25) is 19.7 Å². The molecule has 9 nitrogen and oxygen atoms in total. The molecule has 0 saturated carbocycles. The van der Waals surface area contributed by atoms with Gasteiger partial charge in [-0.05, 0) is 13.0 Å². The van der Waals surface area contributed by atoms with Crippen molar-refractivity contribution in [2.75, 3.05) is 26.2 Å². The van der Waals surface area contributed by atoms with Gasteiger partial charge in [0, 0.05) is 54.5 Å². The van der Waals surface area contributed by atoms with Crippen LogP contribution in [0.5, 0.6) is 0 Å². The Kier molecular flexibility index (Phi) is 4.97. The van der Waals surface area contributed by atoms with E-state index in [9.17, 15) is 19.7 Å². The average molecular weight is 435 g/mol. The van der Waals surface area contributed by atoms with Gasteiger partial charge in [0.1, 0.15) is 10.6 Å². The summed E-state index contributed by atoms with van der Waals surface area (Å²) in [4.78, 5) is 39.5. The summed E-state index contributed by atoms with van der Waals surface area (Å²) in [6.45, 7) is 3.15. The number of halogens is 1. The second-order valence-electron chi connectivity index (χ2n) is 6.59. The average Bonchev–Trinajstić information content (AvgIpc) is 3.30. The zero-order valence-electron chi connectivity index (χ0n) is 15.3. The Balaban J connectivity index is 1.49. The second kappa shape index (κ2) is 7.45. The fourth-order valence-electron chi connectivity index (χ4n) is 3.19. The minimum Gasteiger partial charge on any atom is -0.361 e. The third kappa shape index (κ3) is 3.56. The fourth-order valence-corrected chi connectivity index (χ4v) is 4.70. The van der Waals surface area contributed by atoms with Gasteiger partial charge in [-0.1, -0.05) is 16.8 Å². The monoisotopic (exact) mass is 434 g/mol. The Morgan fingerprint density at radius 1 is 1.17 bits per heavy atom. The molecule has 0 unspecified atom stereocenters. The van der Waals surface area contributed by atoms with Crippen LogP contribution in [0.25, 0.3) is 10.1 Å². The van der Waals surface area contributed by atoms with Crippen molar-refractivity contribution in [2.45, 2.75) is 6.92 Å². The van der Waals surface area contributed by atoms with E-state index in [2.05, 4.69) is 5.16 Å². The number of non-ortho nitro benzene ring substituents is 1. The molecule has 0 atom stereocenters. The van der Waals surface area contributed by atoms with Gasteiger partial charge in [-0.25, -0.2) is 0 Å². The number of piperazine rings is 1. The van der Waals surface area contributed by atoms with E-state index in [0.29, 0.717) is 51.9 Å². The molecular formula is C18H15ClN4O5S. The second-order valence-corrected chi connectivity index (χ2v) is 8.02. The summed E-state index contributed by atoms with van der Waals surface area (Å²) >= 11 is 7.51. The molecule has 0 radical (unpaired) electrons. The van der Waals surface area contributed by atoms with Gasteiger partial charge in [0.05, 0.1) is 9.95 Å². The molecule has 150 valence electrons. The molecule has 1 aliphatic heterocycles. The van der Waals surface area contributed by atoms with Crippen molar-refractivity contribution in [1.82, 2.24) is 15.0 Å². The summed E-state index contributed by atoms with van der Waals surface area (Å²) < 4.78 is 5.53. The van der Waals surface area contributed by atoms with E-state index in [1.807, 2.05) is 0 Å². The van der Waals surface area contributed by atoms with Gasteiger partial charge in [-0.15, -0.1) is 11.3 Å². The van der Waals surface area contributed by atoms with Crippen LogP contribution in [-0.2, 0) is 0 Å². The van der Waals surface area contributed by atoms with Crippen molar-refractivity contribution in [2.24, 2.45) is 0 Å². The van der Waals surface area contributed by atoms with Crippen LogP contribution >= 0.6 is 22.9 Å². The molecule has 0 bridgehead atoms. The molecule has 3 heterocycles. The van der Waals surface area contributed by atoms with E-state index < -0.39 is 4.92 Å². The summed E-state index contributed by atoms with van der Waals surface area (Å²) in [6.07, 6.45) is 0. The van der Waals surface area contributed by atoms with E-state index in [1.165, 1.54) is 12.1 Å². The molecule has 2 aromatic heterocycles. The van der Waals surface area contributed by atoms with Gasteiger partial charge in [0.15, 0.2) is 5.69 Å². The first-order valence-electron chi connectivity index (χ1n) is 8.73. The molecule has 1 aliphatic rings. The Morgan fingerprint density at radius 3 is 2.41 bits per heavy atom. The molecule has 4 rings (SSSR count). The Morgan fingerprint density at radius 2 is 1.83 bits per heavy atom. The van der Waals surface area contributed by atoms with Crippen LogP contribution in [0.2, 0.25) is 5.02 Å². The highest BCUT2D eigenvalue weighted by Crippen LogP contribution is 2.38. The maximum absolute atomic E-state index is 12.9. The lowest BCUT2D eigenvalue weighted by molar-refractivity contribution is -0.384. The minimum absolute atomic E-state index is 0.0513. The largest absolute Gasteiger partial charge is 0.361 e. The standard InChI is InChI=1S/C18H15ClN4O5S/c1-10-8-13(20-28-10)17(24)21-4-6-22(7-5-21)18(25)16-15(19)12-3-2-11(23(26)27)9-14(12)29-16/h2-3,8-9H,4-7H2,1H3. The highest BCUT2D eigenvalue weighted by Gasteiger charge is 2.29. The quantitative estimate of drug-likeness (QED) is 0.461. The predicted molar refractivity (Wildman–Crippen MR) is 107 cm³/mol. The van der Waals surface area contributed by atoms with Crippen LogP contribution in [0.1, 0.15) is 25.9 Å². The summed E-state index contributed by atoms with van der Waals surface area (Å²) in [5.74, 6) is 0.0752. The number of aryl methyl sites for hydroxylation is 1. The Labute approximate surface area is 173 Å². The predicted octanol–water partition coefficient (Wildman–Crippen LogP) is 3.36. The van der Waals surface area contributed by atoms with Crippen molar-refractivity contribution in [3.8, 4) is 0 Å². The molecule has 0 aliphatic carbocycles. The number of nitro benzene ring substituents is 1. The number of thiophene rings is 1. The van der Waals surface area contributed by atoms with Crippen LogP contribution < -0.4 is 0 Å². The number of hydrogen-bond donors (Lipinski definition) is 0. The molecule has 0 N–H and O–H groups in total. The number of hydrogen-bond acceptors (Lipinski definition) is 7. The normalized spacial score (nSPS) is 14.4. The highest BCUT2D eigenvalue weighted by molar-refractivity contribution is 7.21. The molecule has 1 fully saturated rings. The number of carbonyl (C=O) groups excluding carboxylic acids is 2. The first kappa shape index (κ1) is 19.3. The third-order valence-electron chi connectivity index (χ3n) is 4.72. The zero-order valence-corrected chi connectivity index (χ0v) is 16.8. The first-order valence-corrected chi connectivity index (χ1v) is 9.93. The van der Waals surface area contributed by atoms with Crippen LogP contribution in [-0.4, -0.2) is 57.9 Å². The van der Waals surface area contributed by atoms with Gasteiger partial charge >= 0.3 is 0 Å². The lowest BCUT2D eigenvalue weighted by atomic mass is 10.2. The smallest absolute Gasteiger partial charge is 0.276 e. The number of rotatable bonds is 3. The lowest BCUT2D eigenvalue weighted by Crippen LogP contribution is -2.50. The lowest BCUT2D eigenvalue weighted by Gasteiger charge is -2.34. The zero-order chi connectivity index (χ0) is 20.7. The maximum Gasteiger partial charge on any atom is 0.276 e. The number of benzene rings is 1. The molecule has 0 spiro atoms. The van der Waals surface area contributed by atoms with Gasteiger partial charge in [-0.2, -0.15) is 0 Å². The van der Waals surface area contributed by atoms with E-state index >= 15 is 0 Å². The van der Waals surface area contributed by atoms with E-state index in [-0.39, 0.29) is 23.2 Å². The molecule has 2 amide bonds. The topological polar surface area (TPSA) is 110 Å². The minimum atomic E-state index is -0.485. The summed E-state index contributed by atoms with van der Waals surface area (Å²) in [7, 11) is 0. The molecule has 29 heavy (non-hydrogen) atoms. The van der Waals surface area contributed by atoms with Crippen molar-refractivity contribution in [3.63, 3.8) is 0 Å². The van der Waals surface area contributed by atoms with Crippen molar-refractivity contribution >= 4 is 50.5 Å². The van der Waals surface area contributed by atoms with Crippen molar-refractivity contribution < 1.29 is 19.0 Å². The number of fused-ring (bicyclic) bond motifs is 1. The van der Waals surface area contributed by atoms with Gasteiger partial charge in [0.25, 0.3) is 17.5 Å². The number of nitro groups is 1. The van der Waals surface area contributed by atoms with Crippen LogP contribution in [0.3, 0.4) is 0 Å². The third-order valence-corrected chi connectivity index (χ3v) is 6.36. The summed E-state index contributed by atoms with van der Waals surface area (Å²) in [5.41, 5.74) is 0.195. The maximum atomic E-state index is 12.9. The number of carbonyl (C=O) groups is 2. The van der Waals surface area contributed by atoms with Crippen molar-refractivity contribution in [3.05, 3.63) is 55.7 Å². The van der Waals surface area contributed by atoms with Crippen LogP contribution in [0, 0.1) is 17.0 Å². The molecule has 3 aromatic rings. The van der Waals surface area contributed by atoms with Gasteiger partial charge in [0.2, 0.25) is 0 Å². The Hall–Kier alpha value is -2.98. The molecule has 11 heteroatoms. The number of nitrogens with zero attached hydrogens (tertiary/aromatic N) is 4. The van der Waals surface area contributed by atoms with Crippen LogP contribution in [0.4, 0.5) is 5.69 Å². The SMILES string of the molecule is Cc1cc(C(=O)N2CCN(C(=O)c3sc4cc([N+](=O)[O-])ccc4c3Cl)CC2)no1. The first-order chi connectivity index (χ1) is 13.8. The van der Waals surface area contributed by atoms with Crippen LogP contribution in [0.15, 0.2) is 28.8 Å². The summed E-state index contributed by atoms with van der Waals surface area (Å²) in [6, 6.07) is 5.92. The van der Waals surface area contributed by atoms with E-state index in [0.717, 1.165) is 11.3 Å². The molecule has 1 saturated heterocycles. The van der Waals surface area contributed by atoms with E-state index in [4.69, 9.17) is 16.1 Å². The molecular weight excluding hydrogens is 420 g/mol. The molecule has 1 aromatic carbocycles. The van der Waals surface area contributed by atoms with Gasteiger partial charge < -0.3 is 14.3 Å². The summed E-state index contributed by atoms with van der Waals surface area (Å²) in [5, 5.41) is 15.6. The van der Waals surface area contributed by atoms with Crippen molar-refractivity contribution in [1.29, 1.82) is 0 Å². The fraction of sp³-hybridized carbons (Fsp3) is 0.278.